The van der Waals surface area contributed by atoms with E-state index in [0.29, 0.717) is 5.41 Å². The third kappa shape index (κ3) is 14.8. The summed E-state index contributed by atoms with van der Waals surface area (Å²) in [6.45, 7) is 23.0. The van der Waals surface area contributed by atoms with Crippen LogP contribution in [0.3, 0.4) is 0 Å². The Hall–Kier alpha value is 0.497. The quantitative estimate of drug-likeness (QED) is 0.282. The fourth-order valence-electron chi connectivity index (χ4n) is 3.42. The minimum absolute atomic E-state index is 0. The smallest absolute Gasteiger partial charge is 2.00 e. The molecule has 2 rings (SSSR count). The molecule has 0 heterocycles. The van der Waals surface area contributed by atoms with Gasteiger partial charge in [-0.25, -0.2) is 0 Å². The minimum atomic E-state index is 0. The first kappa shape index (κ1) is 35.6. The maximum absolute atomic E-state index is 7.50. The fraction of sp³-hybridized carbons (Fsp3) is 0.706. The van der Waals surface area contributed by atoms with E-state index in [1.54, 1.807) is 0 Å². The molecule has 0 radical (unpaired) electrons. The van der Waals surface area contributed by atoms with E-state index < -0.39 is 0 Å². The Morgan fingerprint density at radius 2 is 1.21 bits per heavy atom. The van der Waals surface area contributed by atoms with E-state index in [2.05, 4.69) is 56.6 Å². The Morgan fingerprint density at radius 1 is 0.833 bits per heavy atom. The zero-order valence-corrected chi connectivity index (χ0v) is 18.1. The molecule has 0 N–H and O–H groups in total. The maximum atomic E-state index is 7.50. The van der Waals surface area contributed by atoms with E-state index in [-0.39, 0.29) is 19.5 Å². The molecule has 2 saturated carbocycles. The molecule has 0 aromatic carbocycles. The van der Waals surface area contributed by atoms with Crippen LogP contribution >= 0.6 is 9.69 Å². The Morgan fingerprint density at radius 3 is 1.50 bits per heavy atom. The molecule has 0 aliphatic heterocycles. The summed E-state index contributed by atoms with van der Waals surface area (Å²) < 4.78 is 30.0. The van der Waals surface area contributed by atoms with Gasteiger partial charge in [0.25, 0.3) is 0 Å². The minimum Gasteiger partial charge on any atom is 2.00 e. The maximum Gasteiger partial charge on any atom is 2.00 e. The molecule has 1 unspecified atom stereocenters. The first-order valence-corrected chi connectivity index (χ1v) is 9.23. The van der Waals surface area contributed by atoms with Crippen molar-refractivity contribution in [2.45, 2.75) is 58.8 Å². The molecule has 7 heteroatoms. The van der Waals surface area contributed by atoms with Crippen molar-refractivity contribution in [1.82, 2.24) is 0 Å². The number of rotatable bonds is 2. The van der Waals surface area contributed by atoms with Crippen molar-refractivity contribution in [2.24, 2.45) is 17.3 Å². The molecule has 2 aliphatic rings. The molecule has 2 fully saturated rings. The van der Waals surface area contributed by atoms with Gasteiger partial charge in [0.2, 0.25) is 0 Å². The van der Waals surface area contributed by atoms with Crippen molar-refractivity contribution in [1.29, 1.82) is 0 Å². The zero-order valence-electron chi connectivity index (χ0n) is 13.9. The van der Waals surface area contributed by atoms with Crippen LogP contribution in [0.25, 0.3) is 0 Å². The topological polar surface area (TPSA) is 79.6 Å². The van der Waals surface area contributed by atoms with Gasteiger partial charge >= 0.3 is 91.7 Å². The van der Waals surface area contributed by atoms with E-state index in [4.69, 9.17) is 18.6 Å². The average Bonchev–Trinajstić information content (AvgIpc) is 3.38. The molecule has 0 bridgehead atoms. The van der Waals surface area contributed by atoms with Crippen LogP contribution < -0.4 is 0 Å². The van der Waals surface area contributed by atoms with Gasteiger partial charge in [-0.15, -0.1) is 0 Å². The van der Waals surface area contributed by atoms with Crippen LogP contribution in [-0.2, 0) is 55.4 Å². The Kier molecular flexibility index (Phi) is 42.0. The standard InChI is InChI=1S/C13H23.4CO.ClH.2Ru/c1-13(2,11-7-3-4-8-11)12-9-5-6-10-12;4*1-2;;;/h7,11-12H,3-6,8-10H2,1-2H3;;;;;1H;;/q-1;;;;;;2*+2/p-1. The van der Waals surface area contributed by atoms with Gasteiger partial charge < -0.3 is 6.42 Å². The second-order valence-corrected chi connectivity index (χ2v) is 5.58. The van der Waals surface area contributed by atoms with Crippen molar-refractivity contribution in [2.75, 3.05) is 0 Å². The van der Waals surface area contributed by atoms with Crippen LogP contribution in [0.15, 0.2) is 0 Å². The SMILES string of the molecule is CC(C)(C1[CH-]CCC1)C1CCCC1.[C-]#[O+].[C-]#[O+].[C-]#[O+].[C-]#[O+].[Cl][Ru+].[Ru+2]. The van der Waals surface area contributed by atoms with Crippen LogP contribution in [-0.4, -0.2) is 0 Å². The molecule has 0 saturated heterocycles. The molecule has 0 amide bonds. The molecule has 136 valence electrons. The largest absolute Gasteiger partial charge is 2.00 e. The number of hydrogen-bond donors (Lipinski definition) is 0. The average molecular weight is 529 g/mol. The van der Waals surface area contributed by atoms with E-state index in [1.165, 1.54) is 44.9 Å². The molecule has 24 heavy (non-hydrogen) atoms. The third-order valence-electron chi connectivity index (χ3n) is 4.53. The number of halogens is 1. The van der Waals surface area contributed by atoms with Gasteiger partial charge in [-0.2, -0.15) is 12.3 Å². The van der Waals surface area contributed by atoms with Crippen molar-refractivity contribution in [3.63, 3.8) is 0 Å². The van der Waals surface area contributed by atoms with Crippen LogP contribution in [0.5, 0.6) is 0 Å². The van der Waals surface area contributed by atoms with Gasteiger partial charge in [0.15, 0.2) is 0 Å². The zero-order chi connectivity index (χ0) is 19.3. The summed E-state index contributed by atoms with van der Waals surface area (Å²) in [5.74, 6) is 1.95. The van der Waals surface area contributed by atoms with Gasteiger partial charge in [0.1, 0.15) is 0 Å². The van der Waals surface area contributed by atoms with Crippen LogP contribution in [0.1, 0.15) is 58.8 Å². The number of hydrogen-bond acceptors (Lipinski definition) is 0. The van der Waals surface area contributed by atoms with Crippen molar-refractivity contribution < 1.29 is 55.4 Å². The summed E-state index contributed by atoms with van der Waals surface area (Å²) in [4.78, 5) is 0. The Labute approximate surface area is 173 Å². The molecular weight excluding hydrogens is 506 g/mol. The molecule has 0 spiro atoms. The second-order valence-electron chi connectivity index (χ2n) is 5.58. The normalized spacial score (nSPS) is 17.6. The van der Waals surface area contributed by atoms with Gasteiger partial charge in [0.05, 0.1) is 0 Å². The van der Waals surface area contributed by atoms with Crippen LogP contribution in [0.2, 0.25) is 0 Å². The second kappa shape index (κ2) is 28.3. The van der Waals surface area contributed by atoms with Gasteiger partial charge in [-0.1, -0.05) is 57.8 Å². The Bertz CT molecular complexity index is 274. The molecule has 2 aliphatic carbocycles. The van der Waals surface area contributed by atoms with E-state index in [1.807, 2.05) is 17.3 Å². The molecule has 4 nitrogen and oxygen atoms in total. The van der Waals surface area contributed by atoms with E-state index >= 15 is 0 Å². The molecule has 0 aromatic rings. The predicted octanol–water partition coefficient (Wildman–Crippen LogP) is 4.74. The summed E-state index contributed by atoms with van der Waals surface area (Å²) in [5.41, 5.74) is 0.604. The molecule has 1 atom stereocenters. The first-order valence-electron chi connectivity index (χ1n) is 6.99. The summed E-state index contributed by atoms with van der Waals surface area (Å²) in [5, 5.41) is 0. The van der Waals surface area contributed by atoms with Crippen LogP contribution in [0, 0.1) is 50.3 Å². The monoisotopic (exact) mass is 530 g/mol. The fourth-order valence-corrected chi connectivity index (χ4v) is 3.42. The summed E-state index contributed by atoms with van der Waals surface area (Å²) in [6, 6.07) is 0. The molecule has 0 aromatic heterocycles. The van der Waals surface area contributed by atoms with Gasteiger partial charge in [-0.05, 0) is 5.92 Å². The van der Waals surface area contributed by atoms with E-state index in [0.717, 1.165) is 11.8 Å². The van der Waals surface area contributed by atoms with Crippen molar-refractivity contribution in [3.05, 3.63) is 33.0 Å². The third-order valence-corrected chi connectivity index (χ3v) is 4.53. The van der Waals surface area contributed by atoms with Crippen LogP contribution in [0.4, 0.5) is 0 Å². The summed E-state index contributed by atoms with van der Waals surface area (Å²) >= 11 is 1.82. The van der Waals surface area contributed by atoms with Gasteiger partial charge in [-0.3, -0.25) is 0 Å². The first-order chi connectivity index (χ1) is 11.2. The summed E-state index contributed by atoms with van der Waals surface area (Å²) in [7, 11) is 4.57. The van der Waals surface area contributed by atoms with E-state index in [9.17, 15) is 0 Å². The molecular formula is C17H23ClO4Ru2+2. The van der Waals surface area contributed by atoms with Crippen molar-refractivity contribution in [3.8, 4) is 0 Å². The predicted molar refractivity (Wildman–Crippen MR) is 79.0 cm³/mol. The van der Waals surface area contributed by atoms with Crippen molar-refractivity contribution >= 4 is 9.69 Å². The summed E-state index contributed by atoms with van der Waals surface area (Å²) in [6.07, 6.45) is 12.8. The Balaban J connectivity index is -0.0000000950. The van der Waals surface area contributed by atoms with Gasteiger partial charge in [0, 0.05) is 0 Å².